The van der Waals surface area contributed by atoms with Crippen LogP contribution in [0.4, 0.5) is 0 Å². The fraction of sp³-hybridized carbons (Fsp3) is 0.529. The van der Waals surface area contributed by atoms with Crippen LogP contribution < -0.4 is 9.47 Å². The highest BCUT2D eigenvalue weighted by atomic mass is 16.5. The van der Waals surface area contributed by atoms with E-state index in [0.29, 0.717) is 6.04 Å². The van der Waals surface area contributed by atoms with Crippen molar-refractivity contribution in [2.24, 2.45) is 0 Å². The molecule has 3 atom stereocenters. The molecular formula is C17H23NO3. The summed E-state index contributed by atoms with van der Waals surface area (Å²) in [5.74, 6) is 1.51. The van der Waals surface area contributed by atoms with Crippen molar-refractivity contribution in [2.75, 3.05) is 27.8 Å². The molecule has 0 amide bonds. The molecule has 1 fully saturated rings. The number of likely N-dealkylation sites (tertiary alicyclic amines) is 1. The maximum atomic E-state index is 9.96. The van der Waals surface area contributed by atoms with Crippen LogP contribution in [0.3, 0.4) is 0 Å². The van der Waals surface area contributed by atoms with Gasteiger partial charge in [0.05, 0.1) is 20.3 Å². The summed E-state index contributed by atoms with van der Waals surface area (Å²) < 4.78 is 10.8. The quantitative estimate of drug-likeness (QED) is 0.864. The predicted molar refractivity (Wildman–Crippen MR) is 82.0 cm³/mol. The lowest BCUT2D eigenvalue weighted by Crippen LogP contribution is -2.44. The van der Waals surface area contributed by atoms with Crippen molar-refractivity contribution in [1.82, 2.24) is 4.90 Å². The molecule has 1 saturated heterocycles. The molecule has 0 saturated carbocycles. The number of benzene rings is 1. The van der Waals surface area contributed by atoms with Crippen LogP contribution in [0.25, 0.3) is 0 Å². The molecule has 21 heavy (non-hydrogen) atoms. The highest BCUT2D eigenvalue weighted by molar-refractivity contribution is 5.48. The Kier molecular flexibility index (Phi) is 3.68. The van der Waals surface area contributed by atoms with Crippen LogP contribution in [0, 0.1) is 0 Å². The lowest BCUT2D eigenvalue weighted by molar-refractivity contribution is 0.137. The van der Waals surface area contributed by atoms with E-state index in [1.54, 1.807) is 14.2 Å². The summed E-state index contributed by atoms with van der Waals surface area (Å²) in [6, 6.07) is 6.50. The molecule has 2 aliphatic rings. The Balaban J connectivity index is 2.07. The van der Waals surface area contributed by atoms with Gasteiger partial charge in [-0.2, -0.15) is 0 Å². The summed E-state index contributed by atoms with van der Waals surface area (Å²) in [4.78, 5) is 2.35. The largest absolute Gasteiger partial charge is 0.493 e. The summed E-state index contributed by atoms with van der Waals surface area (Å²) in [7, 11) is 5.45. The van der Waals surface area contributed by atoms with Gasteiger partial charge in [0.25, 0.3) is 0 Å². The standard InChI is InChI=1S/C17H23NO3/c1-18-9-8-17(7-6-13(19)11-16(17)18)12-4-5-14(20-2)15(10-12)21-3/h4-7,10,13,16,19H,8-9,11H2,1-3H3/t13?,16?,17-/m0/s1. The summed E-state index contributed by atoms with van der Waals surface area (Å²) in [6.45, 7) is 1.04. The first-order chi connectivity index (χ1) is 10.1. The smallest absolute Gasteiger partial charge is 0.161 e. The Labute approximate surface area is 126 Å². The zero-order chi connectivity index (χ0) is 15.0. The summed E-state index contributed by atoms with van der Waals surface area (Å²) >= 11 is 0. The second-order valence-corrected chi connectivity index (χ2v) is 6.02. The predicted octanol–water partition coefficient (Wildman–Crippen LogP) is 1.97. The molecule has 1 aliphatic heterocycles. The van der Waals surface area contributed by atoms with E-state index in [9.17, 15) is 5.11 Å². The van der Waals surface area contributed by atoms with Gasteiger partial charge < -0.3 is 19.5 Å². The Hall–Kier alpha value is -1.52. The molecular weight excluding hydrogens is 266 g/mol. The van der Waals surface area contributed by atoms with Crippen LogP contribution in [-0.4, -0.2) is 50.0 Å². The fourth-order valence-corrected chi connectivity index (χ4v) is 3.81. The molecule has 0 spiro atoms. The van der Waals surface area contributed by atoms with Gasteiger partial charge >= 0.3 is 0 Å². The first-order valence-electron chi connectivity index (χ1n) is 7.41. The van der Waals surface area contributed by atoms with Crippen LogP contribution in [0.5, 0.6) is 11.5 Å². The topological polar surface area (TPSA) is 41.9 Å². The monoisotopic (exact) mass is 289 g/mol. The molecule has 1 heterocycles. The number of hydrogen-bond donors (Lipinski definition) is 1. The number of methoxy groups -OCH3 is 2. The maximum absolute atomic E-state index is 9.96. The Bertz CT molecular complexity index is 557. The van der Waals surface area contributed by atoms with Crippen molar-refractivity contribution in [2.45, 2.75) is 30.4 Å². The highest BCUT2D eigenvalue weighted by Gasteiger charge is 2.48. The van der Waals surface area contributed by atoms with Crippen LogP contribution in [0.1, 0.15) is 18.4 Å². The van der Waals surface area contributed by atoms with Crippen molar-refractivity contribution in [3.63, 3.8) is 0 Å². The Morgan fingerprint density at radius 3 is 2.71 bits per heavy atom. The molecule has 4 nitrogen and oxygen atoms in total. The molecule has 1 aliphatic carbocycles. The molecule has 2 unspecified atom stereocenters. The van der Waals surface area contributed by atoms with E-state index in [-0.39, 0.29) is 11.5 Å². The molecule has 0 bridgehead atoms. The molecule has 1 aromatic carbocycles. The summed E-state index contributed by atoms with van der Waals surface area (Å²) in [6.07, 6.45) is 5.63. The average Bonchev–Trinajstić information content (AvgIpc) is 2.85. The number of hydrogen-bond acceptors (Lipinski definition) is 4. The summed E-state index contributed by atoms with van der Waals surface area (Å²) in [5.41, 5.74) is 1.20. The van der Waals surface area contributed by atoms with E-state index in [1.165, 1.54) is 5.56 Å². The van der Waals surface area contributed by atoms with Crippen molar-refractivity contribution in [3.05, 3.63) is 35.9 Å². The minimum absolute atomic E-state index is 0.0342. The first-order valence-corrected chi connectivity index (χ1v) is 7.41. The van der Waals surface area contributed by atoms with Crippen LogP contribution in [0.2, 0.25) is 0 Å². The normalized spacial score (nSPS) is 32.0. The van der Waals surface area contributed by atoms with Gasteiger partial charge in [0.2, 0.25) is 0 Å². The summed E-state index contributed by atoms with van der Waals surface area (Å²) in [5, 5.41) is 9.96. The molecule has 0 radical (unpaired) electrons. The van der Waals surface area contributed by atoms with Gasteiger partial charge in [-0.1, -0.05) is 18.2 Å². The molecule has 4 heteroatoms. The van der Waals surface area contributed by atoms with Crippen molar-refractivity contribution >= 4 is 0 Å². The van der Waals surface area contributed by atoms with E-state index >= 15 is 0 Å². The third kappa shape index (κ3) is 2.23. The van der Waals surface area contributed by atoms with Gasteiger partial charge in [-0.25, -0.2) is 0 Å². The van der Waals surface area contributed by atoms with Gasteiger partial charge in [-0.15, -0.1) is 0 Å². The zero-order valence-corrected chi connectivity index (χ0v) is 12.9. The molecule has 114 valence electrons. The van der Waals surface area contributed by atoms with Gasteiger partial charge in [0.15, 0.2) is 11.5 Å². The van der Waals surface area contributed by atoms with Crippen molar-refractivity contribution in [1.29, 1.82) is 0 Å². The maximum Gasteiger partial charge on any atom is 0.161 e. The number of nitrogens with zero attached hydrogens (tertiary/aromatic N) is 1. The fourth-order valence-electron chi connectivity index (χ4n) is 3.81. The van der Waals surface area contributed by atoms with Crippen LogP contribution in [0.15, 0.2) is 30.4 Å². The number of likely N-dealkylation sites (N-methyl/N-ethyl adjacent to an activating group) is 1. The van der Waals surface area contributed by atoms with Crippen molar-refractivity contribution in [3.8, 4) is 11.5 Å². The lowest BCUT2D eigenvalue weighted by Gasteiger charge is -2.39. The minimum Gasteiger partial charge on any atom is -0.493 e. The average molecular weight is 289 g/mol. The Morgan fingerprint density at radius 1 is 1.24 bits per heavy atom. The third-order valence-corrected chi connectivity index (χ3v) is 5.01. The molecule has 1 aromatic rings. The van der Waals surface area contributed by atoms with E-state index in [2.05, 4.69) is 30.2 Å². The van der Waals surface area contributed by atoms with Gasteiger partial charge in [0.1, 0.15) is 0 Å². The van der Waals surface area contributed by atoms with Gasteiger partial charge in [0, 0.05) is 11.5 Å². The number of rotatable bonds is 3. The highest BCUT2D eigenvalue weighted by Crippen LogP contribution is 2.46. The van der Waals surface area contributed by atoms with E-state index in [1.807, 2.05) is 12.1 Å². The Morgan fingerprint density at radius 2 is 2.00 bits per heavy atom. The van der Waals surface area contributed by atoms with Gasteiger partial charge in [-0.3, -0.25) is 0 Å². The molecule has 3 rings (SSSR count). The number of ether oxygens (including phenoxy) is 2. The third-order valence-electron chi connectivity index (χ3n) is 5.01. The second kappa shape index (κ2) is 5.35. The first kappa shape index (κ1) is 14.4. The van der Waals surface area contributed by atoms with Crippen LogP contribution in [-0.2, 0) is 5.41 Å². The molecule has 1 N–H and O–H groups in total. The van der Waals surface area contributed by atoms with Crippen LogP contribution >= 0.6 is 0 Å². The lowest BCUT2D eigenvalue weighted by atomic mass is 9.69. The van der Waals surface area contributed by atoms with E-state index in [4.69, 9.17) is 9.47 Å². The van der Waals surface area contributed by atoms with Crippen molar-refractivity contribution < 1.29 is 14.6 Å². The van der Waals surface area contributed by atoms with E-state index in [0.717, 1.165) is 30.9 Å². The van der Waals surface area contributed by atoms with Gasteiger partial charge in [-0.05, 0) is 44.1 Å². The SMILES string of the molecule is COc1ccc([C@@]23C=CC(O)CC2N(C)CC3)cc1OC. The van der Waals surface area contributed by atoms with E-state index < -0.39 is 0 Å². The second-order valence-electron chi connectivity index (χ2n) is 6.02. The number of aliphatic hydroxyl groups excluding tert-OH is 1. The molecule has 0 aromatic heterocycles. The number of fused-ring (bicyclic) bond motifs is 1. The zero-order valence-electron chi connectivity index (χ0n) is 12.9. The minimum atomic E-state index is -0.344. The number of aliphatic hydroxyl groups is 1.